The monoisotopic (exact) mass is 513 g/mol. The number of para-hydroxylation sites is 1. The third kappa shape index (κ3) is 4.02. The Kier molecular flexibility index (Phi) is 5.75. The zero-order valence-corrected chi connectivity index (χ0v) is 20.3. The minimum atomic E-state index is -0.896. The van der Waals surface area contributed by atoms with Gasteiger partial charge in [0.05, 0.1) is 35.3 Å². The number of nitrogens with zero attached hydrogens (tertiary/aromatic N) is 4. The van der Waals surface area contributed by atoms with Gasteiger partial charge in [0.1, 0.15) is 23.3 Å². The summed E-state index contributed by atoms with van der Waals surface area (Å²) in [5, 5.41) is 7.35. The van der Waals surface area contributed by atoms with Crippen LogP contribution in [0.3, 0.4) is 0 Å². The molecule has 0 bridgehead atoms. The number of nitrogens with one attached hydrogen (secondary N) is 1. The molecule has 6 rings (SSSR count). The Hall–Kier alpha value is -4.79. The van der Waals surface area contributed by atoms with Gasteiger partial charge >= 0.3 is 6.03 Å². The number of amides is 2. The molecule has 38 heavy (non-hydrogen) atoms. The maximum Gasteiger partial charge on any atom is 0.323 e. The number of rotatable bonds is 3. The van der Waals surface area contributed by atoms with E-state index in [2.05, 4.69) is 5.32 Å². The molecule has 1 atom stereocenters. The van der Waals surface area contributed by atoms with E-state index in [1.165, 1.54) is 23.1 Å². The van der Waals surface area contributed by atoms with E-state index in [4.69, 9.17) is 5.10 Å². The van der Waals surface area contributed by atoms with Crippen LogP contribution in [0, 0.1) is 24.4 Å². The third-order valence-corrected chi connectivity index (χ3v) is 6.68. The molecule has 3 aromatic carbocycles. The Balaban J connectivity index is 1.54. The first-order chi connectivity index (χ1) is 18.4. The molecule has 9 heteroatoms. The second kappa shape index (κ2) is 9.26. The van der Waals surface area contributed by atoms with Crippen molar-refractivity contribution in [2.45, 2.75) is 19.5 Å². The predicted octanol–water partition coefficient (Wildman–Crippen LogP) is 6.53. The van der Waals surface area contributed by atoms with E-state index in [1.54, 1.807) is 12.1 Å². The number of fused-ring (bicyclic) bond motifs is 3. The minimum absolute atomic E-state index is 0.103. The molecule has 1 aliphatic rings. The number of halogens is 3. The smallest absolute Gasteiger partial charge is 0.307 e. The predicted molar refractivity (Wildman–Crippen MR) is 137 cm³/mol. The van der Waals surface area contributed by atoms with E-state index < -0.39 is 29.5 Å². The molecule has 1 N–H and O–H groups in total. The molecule has 6 nitrogen and oxygen atoms in total. The molecule has 0 aliphatic carbocycles. The fourth-order valence-electron chi connectivity index (χ4n) is 4.95. The maximum absolute atomic E-state index is 14.5. The van der Waals surface area contributed by atoms with Crippen LogP contribution in [0.25, 0.3) is 11.5 Å². The fraction of sp³-hybridized carbons (Fsp3) is 0.103. The molecule has 0 spiro atoms. The first-order valence-corrected chi connectivity index (χ1v) is 12.0. The van der Waals surface area contributed by atoms with E-state index >= 15 is 0 Å². The molecule has 2 aromatic heterocycles. The molecule has 2 amide bonds. The van der Waals surface area contributed by atoms with Gasteiger partial charge in [0.2, 0.25) is 0 Å². The van der Waals surface area contributed by atoms with Crippen molar-refractivity contribution in [3.05, 3.63) is 131 Å². The summed E-state index contributed by atoms with van der Waals surface area (Å²) in [4.78, 5) is 15.3. The number of aromatic nitrogens is 3. The zero-order chi connectivity index (χ0) is 26.4. The third-order valence-electron chi connectivity index (χ3n) is 6.68. The van der Waals surface area contributed by atoms with Crippen molar-refractivity contribution in [3.8, 4) is 11.5 Å². The molecular weight excluding hydrogens is 491 g/mol. The highest BCUT2D eigenvalue weighted by molar-refractivity contribution is 5.90. The highest BCUT2D eigenvalue weighted by atomic mass is 19.1. The van der Waals surface area contributed by atoms with Gasteiger partial charge in [-0.05, 0) is 61.0 Å². The lowest BCUT2D eigenvalue weighted by atomic mass is 10.0. The molecule has 1 unspecified atom stereocenters. The van der Waals surface area contributed by atoms with Crippen LogP contribution in [0.1, 0.15) is 28.6 Å². The van der Waals surface area contributed by atoms with E-state index in [0.717, 1.165) is 23.1 Å². The summed E-state index contributed by atoms with van der Waals surface area (Å²) in [5.41, 5.74) is 3.40. The Bertz CT molecular complexity index is 1660. The minimum Gasteiger partial charge on any atom is -0.307 e. The average molecular weight is 514 g/mol. The van der Waals surface area contributed by atoms with Crippen LogP contribution in [0.15, 0.2) is 91.1 Å². The Morgan fingerprint density at radius 2 is 1.71 bits per heavy atom. The number of anilines is 1. The van der Waals surface area contributed by atoms with Crippen molar-refractivity contribution in [1.82, 2.24) is 19.2 Å². The van der Waals surface area contributed by atoms with E-state index in [0.29, 0.717) is 23.0 Å². The normalized spacial score (nSPS) is 14.5. The molecule has 1 aliphatic heterocycles. The van der Waals surface area contributed by atoms with Crippen molar-refractivity contribution in [1.29, 1.82) is 0 Å². The lowest BCUT2D eigenvalue weighted by Gasteiger charge is -2.31. The van der Waals surface area contributed by atoms with Crippen molar-refractivity contribution >= 4 is 11.7 Å². The number of carbonyl (C=O) groups is 1. The molecule has 0 saturated carbocycles. The lowest BCUT2D eigenvalue weighted by molar-refractivity contribution is 0.194. The van der Waals surface area contributed by atoms with Crippen LogP contribution in [0.2, 0.25) is 0 Å². The van der Waals surface area contributed by atoms with Crippen molar-refractivity contribution in [2.24, 2.45) is 0 Å². The van der Waals surface area contributed by atoms with Gasteiger partial charge in [-0.3, -0.25) is 0 Å². The first kappa shape index (κ1) is 23.6. The quantitative estimate of drug-likeness (QED) is 0.298. The topological polar surface area (TPSA) is 55.1 Å². The van der Waals surface area contributed by atoms with Crippen LogP contribution in [-0.2, 0) is 6.54 Å². The molecular formula is C29H22F3N5O. The van der Waals surface area contributed by atoms with Crippen LogP contribution in [0.5, 0.6) is 0 Å². The van der Waals surface area contributed by atoms with Crippen molar-refractivity contribution in [2.75, 3.05) is 5.32 Å². The highest BCUT2D eigenvalue weighted by Gasteiger charge is 2.36. The standard InChI is InChI=1S/C29H22F3N5O/c1-18-23-17-36(29(38)33-25-13-12-21(31)16-24(25)32)27(19-7-5-8-20(30)15-19)26-11-6-14-35(26)28(23)37(34-18)22-9-3-2-4-10-22/h2-16,27H,17H2,1H3,(H,33,38). The summed E-state index contributed by atoms with van der Waals surface area (Å²) < 4.78 is 46.1. The van der Waals surface area contributed by atoms with Crippen molar-refractivity contribution in [3.63, 3.8) is 0 Å². The van der Waals surface area contributed by atoms with Gasteiger partial charge in [-0.25, -0.2) is 22.6 Å². The molecule has 0 fully saturated rings. The molecule has 0 saturated heterocycles. The zero-order valence-electron chi connectivity index (χ0n) is 20.3. The number of carbonyl (C=O) groups excluding carboxylic acids is 1. The second-order valence-corrected chi connectivity index (χ2v) is 9.08. The van der Waals surface area contributed by atoms with E-state index in [1.807, 2.05) is 64.8 Å². The van der Waals surface area contributed by atoms with Gasteiger partial charge in [-0.1, -0.05) is 30.3 Å². The fourth-order valence-corrected chi connectivity index (χ4v) is 4.95. The Morgan fingerprint density at radius 1 is 0.921 bits per heavy atom. The van der Waals surface area contributed by atoms with Gasteiger partial charge in [0.25, 0.3) is 0 Å². The Labute approximate surface area is 216 Å². The van der Waals surface area contributed by atoms with Gasteiger partial charge in [0, 0.05) is 17.8 Å². The lowest BCUT2D eigenvalue weighted by Crippen LogP contribution is -2.38. The number of benzene rings is 3. The summed E-state index contributed by atoms with van der Waals surface area (Å²) in [6.45, 7) is 1.96. The SMILES string of the molecule is Cc1nn(-c2ccccc2)c2c1CN(C(=O)Nc1ccc(F)cc1F)C(c1cccc(F)c1)c1cccn1-2. The van der Waals surface area contributed by atoms with Gasteiger partial charge in [-0.2, -0.15) is 5.10 Å². The summed E-state index contributed by atoms with van der Waals surface area (Å²) in [5.74, 6) is -1.34. The average Bonchev–Trinajstić information content (AvgIpc) is 3.46. The number of aryl methyl sites for hydroxylation is 1. The van der Waals surface area contributed by atoms with Crippen molar-refractivity contribution < 1.29 is 18.0 Å². The van der Waals surface area contributed by atoms with Gasteiger partial charge in [0.15, 0.2) is 0 Å². The Morgan fingerprint density at radius 3 is 2.47 bits per heavy atom. The maximum atomic E-state index is 14.5. The van der Waals surface area contributed by atoms with Crippen LogP contribution >= 0.6 is 0 Å². The van der Waals surface area contributed by atoms with E-state index in [9.17, 15) is 18.0 Å². The van der Waals surface area contributed by atoms with Gasteiger partial charge < -0.3 is 14.8 Å². The number of hydrogen-bond donors (Lipinski definition) is 1. The second-order valence-electron chi connectivity index (χ2n) is 9.08. The highest BCUT2D eigenvalue weighted by Crippen LogP contribution is 2.39. The largest absolute Gasteiger partial charge is 0.323 e. The van der Waals surface area contributed by atoms with Crippen LogP contribution in [0.4, 0.5) is 23.7 Å². The van der Waals surface area contributed by atoms with E-state index in [-0.39, 0.29) is 12.2 Å². The molecule has 5 aromatic rings. The summed E-state index contributed by atoms with van der Waals surface area (Å²) >= 11 is 0. The number of urea groups is 1. The van der Waals surface area contributed by atoms with Crippen LogP contribution < -0.4 is 5.32 Å². The number of hydrogen-bond acceptors (Lipinski definition) is 2. The van der Waals surface area contributed by atoms with Crippen LogP contribution in [-0.4, -0.2) is 25.3 Å². The summed E-state index contributed by atoms with van der Waals surface area (Å²) in [6.07, 6.45) is 1.88. The molecule has 0 radical (unpaired) electrons. The first-order valence-electron chi connectivity index (χ1n) is 12.0. The molecule has 190 valence electrons. The van der Waals surface area contributed by atoms with Gasteiger partial charge in [-0.15, -0.1) is 0 Å². The summed E-state index contributed by atoms with van der Waals surface area (Å²) in [7, 11) is 0. The summed E-state index contributed by atoms with van der Waals surface area (Å²) in [6, 6.07) is 21.0. The molecule has 3 heterocycles.